The first-order chi connectivity index (χ1) is 8.36. The Morgan fingerprint density at radius 2 is 2.06 bits per heavy atom. The zero-order valence-electron chi connectivity index (χ0n) is 9.00. The molecule has 0 saturated carbocycles. The van der Waals surface area contributed by atoms with Crippen LogP contribution in [0, 0.1) is 0 Å². The Bertz CT molecular complexity index is 649. The predicted octanol–water partition coefficient (Wildman–Crippen LogP) is 1.73. The topological polar surface area (TPSA) is 46.3 Å². The molecule has 0 atom stereocenters. The number of fused-ring (bicyclic) bond motifs is 1. The molecule has 17 heavy (non-hydrogen) atoms. The molecule has 0 aliphatic carbocycles. The van der Waals surface area contributed by atoms with Crippen LogP contribution in [0.2, 0.25) is 0 Å². The molecule has 1 radical (unpaired) electrons. The number of pyridine rings is 1. The Morgan fingerprint density at radius 3 is 2.82 bits per heavy atom. The molecule has 81 valence electrons. The number of furan rings is 1. The Balaban J connectivity index is 2.13. The zero-order chi connectivity index (χ0) is 11.7. The average molecular weight is 222 g/mol. The molecular formula is C13H9BNO2. The van der Waals surface area contributed by atoms with Gasteiger partial charge in [-0.2, -0.15) is 0 Å². The van der Waals surface area contributed by atoms with Gasteiger partial charge in [-0.1, -0.05) is 12.1 Å². The van der Waals surface area contributed by atoms with Crippen molar-refractivity contribution in [2.45, 2.75) is 0 Å². The van der Waals surface area contributed by atoms with Crippen LogP contribution in [-0.2, 0) is 0 Å². The van der Waals surface area contributed by atoms with E-state index in [4.69, 9.17) is 9.44 Å². The van der Waals surface area contributed by atoms with Gasteiger partial charge in [0.05, 0.1) is 5.66 Å². The van der Waals surface area contributed by atoms with E-state index in [-0.39, 0.29) is 0 Å². The van der Waals surface area contributed by atoms with E-state index in [0.717, 1.165) is 29.6 Å². The van der Waals surface area contributed by atoms with Gasteiger partial charge in [0.2, 0.25) is 0 Å². The Morgan fingerprint density at radius 1 is 1.12 bits per heavy atom. The van der Waals surface area contributed by atoms with E-state index in [1.807, 2.05) is 36.5 Å². The number of hydrogen-bond acceptors (Lipinski definition) is 3. The van der Waals surface area contributed by atoms with Crippen LogP contribution in [-0.4, -0.2) is 17.5 Å². The van der Waals surface area contributed by atoms with E-state index in [0.29, 0.717) is 5.66 Å². The van der Waals surface area contributed by atoms with Gasteiger partial charge in [0.25, 0.3) is 0 Å². The van der Waals surface area contributed by atoms with Crippen molar-refractivity contribution < 1.29 is 9.44 Å². The molecule has 2 heterocycles. The van der Waals surface area contributed by atoms with Crippen LogP contribution in [0.15, 0.2) is 53.2 Å². The van der Waals surface area contributed by atoms with Crippen LogP contribution in [0.1, 0.15) is 0 Å². The first-order valence-electron chi connectivity index (χ1n) is 5.28. The smallest absolute Gasteiger partial charge is 0.373 e. The van der Waals surface area contributed by atoms with Gasteiger partial charge in [-0.25, -0.2) is 0 Å². The van der Waals surface area contributed by atoms with Crippen LogP contribution < -0.4 is 5.66 Å². The van der Waals surface area contributed by atoms with E-state index in [9.17, 15) is 0 Å². The molecule has 0 fully saturated rings. The van der Waals surface area contributed by atoms with Gasteiger partial charge in [-0.3, -0.25) is 4.98 Å². The summed E-state index contributed by atoms with van der Waals surface area (Å²) in [6.07, 6.45) is 3.57. The number of benzene rings is 1. The van der Waals surface area contributed by atoms with Gasteiger partial charge in [0.1, 0.15) is 5.58 Å². The Labute approximate surface area is 99.0 Å². The second kappa shape index (κ2) is 4.07. The molecule has 0 amide bonds. The fourth-order valence-corrected chi connectivity index (χ4v) is 1.84. The van der Waals surface area contributed by atoms with Gasteiger partial charge in [-0.05, 0) is 29.8 Å². The first-order valence-corrected chi connectivity index (χ1v) is 5.28. The molecule has 0 aliphatic rings. The summed E-state index contributed by atoms with van der Waals surface area (Å²) in [5.41, 5.74) is 3.36. The van der Waals surface area contributed by atoms with Crippen LogP contribution in [0.4, 0.5) is 0 Å². The standard InChI is InChI=1S/C13H9BNO2/c16-14-13-7-11-6-9(3-4-12(11)17-13)10-2-1-5-15-8-10/h1-8,16H. The van der Waals surface area contributed by atoms with Crippen molar-refractivity contribution in [3.63, 3.8) is 0 Å². The van der Waals surface area contributed by atoms with Crippen molar-refractivity contribution in [2.75, 3.05) is 0 Å². The van der Waals surface area contributed by atoms with Crippen molar-refractivity contribution in [3.8, 4) is 11.1 Å². The number of aromatic nitrogens is 1. The van der Waals surface area contributed by atoms with Crippen molar-refractivity contribution >= 4 is 24.1 Å². The molecule has 1 N–H and O–H groups in total. The highest BCUT2D eigenvalue weighted by molar-refractivity contribution is 6.44. The summed E-state index contributed by atoms with van der Waals surface area (Å²) in [5.74, 6) is 0. The van der Waals surface area contributed by atoms with Gasteiger partial charge >= 0.3 is 7.48 Å². The minimum Gasteiger partial charge on any atom is -0.469 e. The number of nitrogens with zero attached hydrogens (tertiary/aromatic N) is 1. The summed E-state index contributed by atoms with van der Waals surface area (Å²) < 4.78 is 5.39. The minimum atomic E-state index is 0.461. The molecule has 3 aromatic rings. The highest BCUT2D eigenvalue weighted by Gasteiger charge is 2.05. The van der Waals surface area contributed by atoms with Crippen LogP contribution in [0.3, 0.4) is 0 Å². The van der Waals surface area contributed by atoms with E-state index < -0.39 is 0 Å². The van der Waals surface area contributed by atoms with Crippen molar-refractivity contribution in [1.82, 2.24) is 4.98 Å². The normalized spacial score (nSPS) is 10.6. The Kier molecular flexibility index (Phi) is 2.42. The zero-order valence-corrected chi connectivity index (χ0v) is 9.00. The lowest BCUT2D eigenvalue weighted by atomic mass is 9.97. The number of rotatable bonds is 2. The van der Waals surface area contributed by atoms with Gasteiger partial charge in [0, 0.05) is 23.3 Å². The summed E-state index contributed by atoms with van der Waals surface area (Å²) in [7, 11) is 0.962. The molecule has 0 saturated heterocycles. The maximum Gasteiger partial charge on any atom is 0.373 e. The lowest BCUT2D eigenvalue weighted by molar-refractivity contribution is 0.584. The summed E-state index contributed by atoms with van der Waals surface area (Å²) in [4.78, 5) is 4.09. The molecule has 2 aromatic heterocycles. The maximum absolute atomic E-state index is 8.90. The van der Waals surface area contributed by atoms with E-state index in [2.05, 4.69) is 4.98 Å². The van der Waals surface area contributed by atoms with Gasteiger partial charge in [0.15, 0.2) is 0 Å². The van der Waals surface area contributed by atoms with Crippen LogP contribution in [0.5, 0.6) is 0 Å². The van der Waals surface area contributed by atoms with E-state index >= 15 is 0 Å². The summed E-state index contributed by atoms with van der Waals surface area (Å²) in [5, 5.41) is 9.86. The third kappa shape index (κ3) is 1.83. The molecule has 4 heteroatoms. The second-order valence-corrected chi connectivity index (χ2v) is 3.77. The summed E-state index contributed by atoms with van der Waals surface area (Å²) in [6, 6.07) is 11.6. The van der Waals surface area contributed by atoms with Crippen molar-refractivity contribution in [2.24, 2.45) is 0 Å². The van der Waals surface area contributed by atoms with E-state index in [1.54, 1.807) is 12.3 Å². The lowest BCUT2D eigenvalue weighted by Crippen LogP contribution is -2.08. The van der Waals surface area contributed by atoms with Crippen molar-refractivity contribution in [3.05, 3.63) is 48.8 Å². The summed E-state index contributed by atoms with van der Waals surface area (Å²) in [6.45, 7) is 0. The first kappa shape index (κ1) is 10.1. The molecular weight excluding hydrogens is 213 g/mol. The summed E-state index contributed by atoms with van der Waals surface area (Å²) >= 11 is 0. The number of hydrogen-bond donors (Lipinski definition) is 1. The van der Waals surface area contributed by atoms with Gasteiger partial charge in [-0.15, -0.1) is 0 Å². The van der Waals surface area contributed by atoms with Crippen molar-refractivity contribution in [1.29, 1.82) is 0 Å². The predicted molar refractivity (Wildman–Crippen MR) is 67.1 cm³/mol. The van der Waals surface area contributed by atoms with Crippen LogP contribution in [0.25, 0.3) is 22.1 Å². The fraction of sp³-hybridized carbons (Fsp3) is 0. The molecule has 1 aromatic carbocycles. The molecule has 0 bridgehead atoms. The Hall–Kier alpha value is -2.07. The highest BCUT2D eigenvalue weighted by atomic mass is 16.3. The minimum absolute atomic E-state index is 0.461. The maximum atomic E-state index is 8.90. The monoisotopic (exact) mass is 222 g/mol. The molecule has 0 unspecified atom stereocenters. The quantitative estimate of drug-likeness (QED) is 0.671. The lowest BCUT2D eigenvalue weighted by Gasteiger charge is -1.99. The highest BCUT2D eigenvalue weighted by Crippen LogP contribution is 2.23. The molecule has 0 aliphatic heterocycles. The van der Waals surface area contributed by atoms with Gasteiger partial charge < -0.3 is 9.44 Å². The van der Waals surface area contributed by atoms with E-state index in [1.165, 1.54) is 0 Å². The fourth-order valence-electron chi connectivity index (χ4n) is 1.84. The average Bonchev–Trinajstić information content (AvgIpc) is 2.81. The SMILES string of the molecule is O[B]c1cc2cc(-c3cccnc3)ccc2o1. The second-order valence-electron chi connectivity index (χ2n) is 3.77. The molecule has 3 nitrogen and oxygen atoms in total. The largest absolute Gasteiger partial charge is 0.469 e. The van der Waals surface area contributed by atoms with Crippen LogP contribution >= 0.6 is 0 Å². The molecule has 0 spiro atoms. The third-order valence-corrected chi connectivity index (χ3v) is 2.66. The third-order valence-electron chi connectivity index (χ3n) is 2.66. The molecule has 3 rings (SSSR count).